The summed E-state index contributed by atoms with van der Waals surface area (Å²) in [4.78, 5) is 4.67. The fourth-order valence-electron chi connectivity index (χ4n) is 2.77. The minimum absolute atomic E-state index is 0.108. The minimum atomic E-state index is -0.108. The van der Waals surface area contributed by atoms with Crippen LogP contribution in [0.15, 0.2) is 4.52 Å². The largest absolute Gasteiger partial charge is 0.337 e. The number of hydrogen-bond donors (Lipinski definition) is 1. The summed E-state index contributed by atoms with van der Waals surface area (Å²) in [6.45, 7) is 3.23. The van der Waals surface area contributed by atoms with Crippen LogP contribution in [0, 0.1) is 0 Å². The number of nitrogens with zero attached hydrogens (tertiary/aromatic N) is 2. The molecule has 2 saturated heterocycles. The molecule has 5 heteroatoms. The molecule has 0 aromatic carbocycles. The minimum Gasteiger partial charge on any atom is -0.337 e. The van der Waals surface area contributed by atoms with Gasteiger partial charge in [0.2, 0.25) is 5.89 Å². The van der Waals surface area contributed by atoms with E-state index in [0.29, 0.717) is 5.25 Å². The Kier molecular flexibility index (Phi) is 3.61. The zero-order valence-corrected chi connectivity index (χ0v) is 11.8. The molecule has 3 heterocycles. The van der Waals surface area contributed by atoms with E-state index in [1.807, 2.05) is 11.8 Å². The van der Waals surface area contributed by atoms with E-state index in [1.165, 1.54) is 37.9 Å². The zero-order valence-electron chi connectivity index (χ0n) is 10.9. The molecule has 0 bridgehead atoms. The maximum Gasteiger partial charge on any atom is 0.246 e. The zero-order chi connectivity index (χ0) is 12.4. The van der Waals surface area contributed by atoms with Crippen molar-refractivity contribution < 1.29 is 4.52 Å². The topological polar surface area (TPSA) is 51.0 Å². The third-order valence-electron chi connectivity index (χ3n) is 4.00. The first-order valence-corrected chi connectivity index (χ1v) is 8.03. The van der Waals surface area contributed by atoms with Crippen molar-refractivity contribution in [2.45, 2.75) is 56.2 Å². The monoisotopic (exact) mass is 267 g/mol. The number of rotatable bonds is 2. The third kappa shape index (κ3) is 2.43. The van der Waals surface area contributed by atoms with E-state index in [2.05, 4.69) is 22.4 Å². The van der Waals surface area contributed by atoms with E-state index in [1.54, 1.807) is 0 Å². The molecule has 3 rings (SSSR count). The number of piperidine rings is 1. The lowest BCUT2D eigenvalue weighted by Gasteiger charge is -2.31. The summed E-state index contributed by atoms with van der Waals surface area (Å²) >= 11 is 1.97. The average Bonchev–Trinajstić information content (AvgIpc) is 2.91. The molecule has 1 N–H and O–H groups in total. The highest BCUT2D eigenvalue weighted by Crippen LogP contribution is 2.38. The second kappa shape index (κ2) is 5.21. The van der Waals surface area contributed by atoms with Gasteiger partial charge in [0.25, 0.3) is 0 Å². The summed E-state index contributed by atoms with van der Waals surface area (Å²) in [7, 11) is 0. The Bertz CT molecular complexity index is 395. The van der Waals surface area contributed by atoms with Gasteiger partial charge < -0.3 is 9.84 Å². The van der Waals surface area contributed by atoms with Crippen LogP contribution in [-0.4, -0.2) is 22.4 Å². The van der Waals surface area contributed by atoms with Crippen LogP contribution in [0.5, 0.6) is 0 Å². The number of aromatic nitrogens is 2. The lowest BCUT2D eigenvalue weighted by atomic mass is 9.91. The van der Waals surface area contributed by atoms with Crippen LogP contribution < -0.4 is 5.32 Å². The number of nitrogens with one attached hydrogen (secondary N) is 1. The van der Waals surface area contributed by atoms with Gasteiger partial charge in [-0.25, -0.2) is 0 Å². The molecule has 18 heavy (non-hydrogen) atoms. The van der Waals surface area contributed by atoms with Crippen LogP contribution in [-0.2, 0) is 5.54 Å². The molecular formula is C13H21N3OS. The Morgan fingerprint density at radius 3 is 3.00 bits per heavy atom. The van der Waals surface area contributed by atoms with Crippen molar-refractivity contribution in [3.8, 4) is 0 Å². The second-order valence-corrected chi connectivity index (χ2v) is 6.84. The lowest BCUT2D eigenvalue weighted by molar-refractivity contribution is 0.206. The Hall–Kier alpha value is -0.550. The van der Waals surface area contributed by atoms with Crippen molar-refractivity contribution >= 4 is 11.8 Å². The molecule has 100 valence electrons. The molecule has 0 saturated carbocycles. The first-order valence-electron chi connectivity index (χ1n) is 6.99. The van der Waals surface area contributed by atoms with Gasteiger partial charge in [0, 0.05) is 0 Å². The summed E-state index contributed by atoms with van der Waals surface area (Å²) < 4.78 is 5.52. The number of hydrogen-bond acceptors (Lipinski definition) is 5. The van der Waals surface area contributed by atoms with Gasteiger partial charge in [-0.05, 0) is 51.3 Å². The summed E-state index contributed by atoms with van der Waals surface area (Å²) in [6, 6.07) is 0. The predicted octanol–water partition coefficient (Wildman–Crippen LogP) is 3.02. The van der Waals surface area contributed by atoms with E-state index >= 15 is 0 Å². The van der Waals surface area contributed by atoms with E-state index in [0.717, 1.165) is 24.7 Å². The smallest absolute Gasteiger partial charge is 0.246 e. The molecule has 2 fully saturated rings. The molecule has 2 unspecified atom stereocenters. The van der Waals surface area contributed by atoms with Crippen LogP contribution >= 0.6 is 11.8 Å². The summed E-state index contributed by atoms with van der Waals surface area (Å²) in [5.41, 5.74) is -0.108. The lowest BCUT2D eigenvalue weighted by Crippen LogP contribution is -2.43. The Morgan fingerprint density at radius 1 is 1.33 bits per heavy atom. The molecular weight excluding hydrogens is 246 g/mol. The molecule has 0 aliphatic carbocycles. The van der Waals surface area contributed by atoms with E-state index < -0.39 is 0 Å². The van der Waals surface area contributed by atoms with Gasteiger partial charge in [-0.3, -0.25) is 0 Å². The van der Waals surface area contributed by atoms with Crippen LogP contribution in [0.1, 0.15) is 62.4 Å². The Balaban J connectivity index is 1.75. The highest BCUT2D eigenvalue weighted by molar-refractivity contribution is 7.99. The second-order valence-electron chi connectivity index (χ2n) is 5.53. The first-order chi connectivity index (χ1) is 8.78. The van der Waals surface area contributed by atoms with Crippen LogP contribution in [0.3, 0.4) is 0 Å². The molecule has 2 atom stereocenters. The standard InChI is InChI=1S/C13H21N3OS/c1-13(7-3-4-8-14-13)12-15-11(16-17-12)10-6-2-5-9-18-10/h10,14H,2-9H2,1H3. The maximum atomic E-state index is 5.52. The normalized spacial score (nSPS) is 33.5. The van der Waals surface area contributed by atoms with Gasteiger partial charge in [0.05, 0.1) is 10.8 Å². The molecule has 1 aromatic heterocycles. The predicted molar refractivity (Wildman–Crippen MR) is 72.6 cm³/mol. The van der Waals surface area contributed by atoms with Crippen molar-refractivity contribution in [2.24, 2.45) is 0 Å². The third-order valence-corrected chi connectivity index (χ3v) is 5.37. The fraction of sp³-hybridized carbons (Fsp3) is 0.846. The fourth-order valence-corrected chi connectivity index (χ4v) is 4.01. The van der Waals surface area contributed by atoms with Gasteiger partial charge in [-0.15, -0.1) is 0 Å². The summed E-state index contributed by atoms with van der Waals surface area (Å²) in [6.07, 6.45) is 7.37. The van der Waals surface area contributed by atoms with Crippen LogP contribution in [0.25, 0.3) is 0 Å². The van der Waals surface area contributed by atoms with E-state index in [-0.39, 0.29) is 5.54 Å². The molecule has 2 aliphatic rings. The van der Waals surface area contributed by atoms with Crippen molar-refractivity contribution in [1.29, 1.82) is 0 Å². The van der Waals surface area contributed by atoms with Gasteiger partial charge in [-0.2, -0.15) is 16.7 Å². The van der Waals surface area contributed by atoms with Crippen LogP contribution in [0.4, 0.5) is 0 Å². The van der Waals surface area contributed by atoms with Crippen molar-refractivity contribution in [1.82, 2.24) is 15.5 Å². The molecule has 0 amide bonds. The highest BCUT2D eigenvalue weighted by atomic mass is 32.2. The van der Waals surface area contributed by atoms with Crippen molar-refractivity contribution in [3.05, 3.63) is 11.7 Å². The van der Waals surface area contributed by atoms with Gasteiger partial charge >= 0.3 is 0 Å². The summed E-state index contributed by atoms with van der Waals surface area (Å²) in [5.74, 6) is 2.91. The van der Waals surface area contributed by atoms with Gasteiger partial charge in [0.1, 0.15) is 0 Å². The maximum absolute atomic E-state index is 5.52. The van der Waals surface area contributed by atoms with E-state index in [4.69, 9.17) is 4.52 Å². The van der Waals surface area contributed by atoms with Crippen molar-refractivity contribution in [3.63, 3.8) is 0 Å². The molecule has 4 nitrogen and oxygen atoms in total. The number of thioether (sulfide) groups is 1. The Labute approximate surface area is 112 Å². The van der Waals surface area contributed by atoms with Crippen molar-refractivity contribution in [2.75, 3.05) is 12.3 Å². The summed E-state index contributed by atoms with van der Waals surface area (Å²) in [5, 5.41) is 8.19. The molecule has 1 aromatic rings. The van der Waals surface area contributed by atoms with E-state index in [9.17, 15) is 0 Å². The SMILES string of the molecule is CC1(c2nc(C3CCCCS3)no2)CCCCN1. The molecule has 0 radical (unpaired) electrons. The first kappa shape index (κ1) is 12.5. The Morgan fingerprint density at radius 2 is 2.28 bits per heavy atom. The average molecular weight is 267 g/mol. The molecule has 0 spiro atoms. The van der Waals surface area contributed by atoms with Gasteiger partial charge in [0.15, 0.2) is 5.82 Å². The molecule has 2 aliphatic heterocycles. The van der Waals surface area contributed by atoms with Crippen LogP contribution in [0.2, 0.25) is 0 Å². The quantitative estimate of drug-likeness (QED) is 0.892. The van der Waals surface area contributed by atoms with Gasteiger partial charge in [-0.1, -0.05) is 11.6 Å². The highest BCUT2D eigenvalue weighted by Gasteiger charge is 2.35.